The van der Waals surface area contributed by atoms with Crippen molar-refractivity contribution >= 4 is 5.97 Å². The van der Waals surface area contributed by atoms with Gasteiger partial charge in [0.15, 0.2) is 17.2 Å². The SMILES string of the molecule is C=C(CO)COC(=O)[C@](C)(O)C[C@@H]1CC[C@@H](O)[C@]2(C=C(C)C[C@@H]([C@H](C)/C=C/[C@@H]3CC[C@@]4(CC[C@H]5O[C@H]([C@@H](O)C[C@H](C)[C@H]6O[C@@]7(CCCCO7)CC[C@H]6C)C(=C)[C@@H](O)[C@@H]5O4)O3)O2)O1. The van der Waals surface area contributed by atoms with Gasteiger partial charge in [-0.15, -0.1) is 0 Å². The van der Waals surface area contributed by atoms with E-state index in [1.807, 2.05) is 26.0 Å². The Hall–Kier alpha value is -2.05. The van der Waals surface area contributed by atoms with Gasteiger partial charge >= 0.3 is 5.97 Å². The van der Waals surface area contributed by atoms with Crippen molar-refractivity contribution in [1.82, 2.24) is 0 Å². The monoisotopic (exact) mass is 875 g/mol. The Labute approximate surface area is 367 Å². The number of hydrogen-bond donors (Lipinski definition) is 5. The van der Waals surface area contributed by atoms with E-state index >= 15 is 0 Å². The molecule has 6 saturated heterocycles. The summed E-state index contributed by atoms with van der Waals surface area (Å²) in [6.45, 7) is 17.7. The van der Waals surface area contributed by atoms with Crippen LogP contribution in [0.4, 0.5) is 0 Å². The first-order valence-electron chi connectivity index (χ1n) is 23.3. The predicted octanol–water partition coefficient (Wildman–Crippen LogP) is 5.22. The fourth-order valence-corrected chi connectivity index (χ4v) is 10.9. The Morgan fingerprint density at radius 2 is 1.77 bits per heavy atom. The van der Waals surface area contributed by atoms with Gasteiger partial charge in [0.25, 0.3) is 0 Å². The van der Waals surface area contributed by atoms with E-state index in [4.69, 9.17) is 37.9 Å². The highest BCUT2D eigenvalue weighted by Gasteiger charge is 2.55. The summed E-state index contributed by atoms with van der Waals surface area (Å²) in [7, 11) is 0. The zero-order valence-corrected chi connectivity index (χ0v) is 37.6. The lowest BCUT2D eigenvalue weighted by molar-refractivity contribution is -0.321. The molecular formula is C48H74O14. The highest BCUT2D eigenvalue weighted by Crippen LogP contribution is 2.47. The van der Waals surface area contributed by atoms with Crippen molar-refractivity contribution in [2.75, 3.05) is 19.8 Å². The second-order valence-electron chi connectivity index (χ2n) is 20.0. The van der Waals surface area contributed by atoms with Crippen molar-refractivity contribution in [2.45, 2.75) is 209 Å². The molecule has 0 aromatic rings. The van der Waals surface area contributed by atoms with Gasteiger partial charge in [-0.05, 0) is 101 Å². The molecule has 3 spiro atoms. The van der Waals surface area contributed by atoms with Gasteiger partial charge < -0.3 is 63.4 Å². The van der Waals surface area contributed by atoms with Crippen molar-refractivity contribution in [3.63, 3.8) is 0 Å². The minimum atomic E-state index is -1.87. The highest BCUT2D eigenvalue weighted by molar-refractivity contribution is 5.78. The van der Waals surface area contributed by atoms with E-state index in [0.717, 1.165) is 50.7 Å². The molecule has 7 aliphatic rings. The van der Waals surface area contributed by atoms with Crippen molar-refractivity contribution in [2.24, 2.45) is 17.8 Å². The topological polar surface area (TPSA) is 192 Å². The molecular weight excluding hydrogens is 801 g/mol. The zero-order chi connectivity index (χ0) is 44.6. The summed E-state index contributed by atoms with van der Waals surface area (Å²) < 4.78 is 50.7. The summed E-state index contributed by atoms with van der Waals surface area (Å²) >= 11 is 0. The van der Waals surface area contributed by atoms with E-state index in [1.54, 1.807) is 0 Å². The van der Waals surface area contributed by atoms with Crippen LogP contribution in [0.25, 0.3) is 0 Å². The zero-order valence-electron chi connectivity index (χ0n) is 37.6. The molecule has 5 N–H and O–H groups in total. The van der Waals surface area contributed by atoms with Crippen LogP contribution in [0.3, 0.4) is 0 Å². The lowest BCUT2D eigenvalue weighted by Gasteiger charge is -2.50. The van der Waals surface area contributed by atoms with Crippen molar-refractivity contribution in [3.8, 4) is 0 Å². The van der Waals surface area contributed by atoms with Crippen LogP contribution in [0.2, 0.25) is 0 Å². The number of carbonyl (C=O) groups is 1. The van der Waals surface area contributed by atoms with E-state index in [1.165, 1.54) is 6.92 Å². The van der Waals surface area contributed by atoms with Gasteiger partial charge in [0, 0.05) is 38.0 Å². The lowest BCUT2D eigenvalue weighted by Crippen LogP contribution is -2.60. The fourth-order valence-electron chi connectivity index (χ4n) is 10.9. The quantitative estimate of drug-likeness (QED) is 0.120. The summed E-state index contributed by atoms with van der Waals surface area (Å²) in [5.41, 5.74) is -0.151. The Bertz CT molecular complexity index is 1650. The van der Waals surface area contributed by atoms with Gasteiger partial charge in [0.05, 0.1) is 49.8 Å². The van der Waals surface area contributed by atoms with Gasteiger partial charge in [-0.2, -0.15) is 0 Å². The van der Waals surface area contributed by atoms with Gasteiger partial charge in [-0.1, -0.05) is 51.7 Å². The first-order chi connectivity index (χ1) is 29.4. The number of aliphatic hydroxyl groups is 5. The number of ether oxygens (including phenoxy) is 8. The molecule has 0 amide bonds. The second kappa shape index (κ2) is 19.4. The number of esters is 1. The van der Waals surface area contributed by atoms with E-state index < -0.39 is 71.7 Å². The molecule has 0 unspecified atom stereocenters. The van der Waals surface area contributed by atoms with Gasteiger partial charge in [0.1, 0.15) is 31.0 Å². The van der Waals surface area contributed by atoms with Crippen molar-refractivity contribution < 1.29 is 68.2 Å². The molecule has 62 heavy (non-hydrogen) atoms. The number of carbonyl (C=O) groups excluding carboxylic acids is 1. The molecule has 6 fully saturated rings. The molecule has 14 nitrogen and oxygen atoms in total. The maximum atomic E-state index is 12.7. The van der Waals surface area contributed by atoms with Gasteiger partial charge in [0.2, 0.25) is 5.79 Å². The fraction of sp³-hybridized carbons (Fsp3) is 0.812. The maximum absolute atomic E-state index is 12.7. The molecule has 350 valence electrons. The summed E-state index contributed by atoms with van der Waals surface area (Å²) in [5, 5.41) is 54.6. The molecule has 0 aromatic carbocycles. The first-order valence-corrected chi connectivity index (χ1v) is 23.3. The molecule has 7 heterocycles. The molecule has 7 rings (SSSR count). The van der Waals surface area contributed by atoms with Crippen LogP contribution >= 0.6 is 0 Å². The summed E-state index contributed by atoms with van der Waals surface area (Å²) in [6, 6.07) is 0. The first kappa shape index (κ1) is 47.9. The normalized spacial score (nSPS) is 42.6. The number of hydrogen-bond acceptors (Lipinski definition) is 14. The van der Waals surface area contributed by atoms with Crippen LogP contribution in [0.5, 0.6) is 0 Å². The molecule has 0 saturated carbocycles. The number of fused-ring (bicyclic) bond motifs is 1. The summed E-state index contributed by atoms with van der Waals surface area (Å²) in [5.74, 6) is -3.40. The van der Waals surface area contributed by atoms with Crippen LogP contribution in [-0.2, 0) is 42.7 Å². The number of aliphatic hydroxyl groups excluding tert-OH is 4. The van der Waals surface area contributed by atoms with Crippen molar-refractivity contribution in [1.29, 1.82) is 0 Å². The Kier molecular flexibility index (Phi) is 15.0. The molecule has 0 radical (unpaired) electrons. The largest absolute Gasteiger partial charge is 0.459 e. The molecule has 14 heteroatoms. The van der Waals surface area contributed by atoms with E-state index in [9.17, 15) is 30.3 Å². The average Bonchev–Trinajstić information content (AvgIpc) is 3.64. The molecule has 0 aromatic heterocycles. The predicted molar refractivity (Wildman–Crippen MR) is 227 cm³/mol. The van der Waals surface area contributed by atoms with Crippen LogP contribution in [0.15, 0.2) is 48.1 Å². The summed E-state index contributed by atoms with van der Waals surface area (Å²) in [4.78, 5) is 12.7. The van der Waals surface area contributed by atoms with Crippen molar-refractivity contribution in [3.05, 3.63) is 48.1 Å². The van der Waals surface area contributed by atoms with Gasteiger partial charge in [-0.3, -0.25) is 0 Å². The smallest absolute Gasteiger partial charge is 0.338 e. The van der Waals surface area contributed by atoms with E-state index in [0.29, 0.717) is 62.0 Å². The van der Waals surface area contributed by atoms with Crippen LogP contribution in [-0.4, -0.2) is 135 Å². The average molecular weight is 875 g/mol. The standard InChI is InChI=1S/C48H74O14/c1-28-22-38(60-48(24-28)39(51)13-12-35(59-48)25-45(7,54)44(53)55-27-29(2)26-49)30(3)10-11-34-15-19-47(58-34)20-16-37-43(62-47)40(52)33(6)42(57-37)36(50)23-32(5)41-31(4)14-18-46(61-41)17-8-9-21-56-46/h10-11,24,30-32,34-43,49-52,54H,2,6,8-9,12-23,25-27H2,1,3-5,7H3/b11-10+/t30-,31-,32+,34-,35+,36+,37-,38+,39-,40-,41+,42+,43-,45-,46+,47-,48-/m1/s1. The minimum absolute atomic E-state index is 0.0452. The molecule has 0 aliphatic carbocycles. The van der Waals surface area contributed by atoms with Crippen LogP contribution in [0, 0.1) is 17.8 Å². The molecule has 7 aliphatic heterocycles. The number of rotatable bonds is 13. The Balaban J connectivity index is 0.909. The van der Waals surface area contributed by atoms with E-state index in [-0.39, 0.29) is 49.8 Å². The van der Waals surface area contributed by atoms with Gasteiger partial charge in [-0.25, -0.2) is 4.79 Å². The van der Waals surface area contributed by atoms with Crippen LogP contribution < -0.4 is 0 Å². The second-order valence-corrected chi connectivity index (χ2v) is 20.0. The Morgan fingerprint density at radius 3 is 2.52 bits per heavy atom. The third kappa shape index (κ3) is 10.5. The van der Waals surface area contributed by atoms with E-state index in [2.05, 4.69) is 33.1 Å². The summed E-state index contributed by atoms with van der Waals surface area (Å²) in [6.07, 6.45) is 9.32. The van der Waals surface area contributed by atoms with Crippen LogP contribution in [0.1, 0.15) is 125 Å². The molecule has 17 atom stereocenters. The lowest BCUT2D eigenvalue weighted by atomic mass is 9.79. The third-order valence-corrected chi connectivity index (χ3v) is 14.6. The third-order valence-electron chi connectivity index (χ3n) is 14.6. The molecule has 0 bridgehead atoms. The minimum Gasteiger partial charge on any atom is -0.459 e. The highest BCUT2D eigenvalue weighted by atomic mass is 16.7. The maximum Gasteiger partial charge on any atom is 0.338 e. The Morgan fingerprint density at radius 1 is 1.02 bits per heavy atom.